The van der Waals surface area contributed by atoms with Crippen molar-refractivity contribution in [2.24, 2.45) is 19.3 Å². The summed E-state index contributed by atoms with van der Waals surface area (Å²) < 4.78 is 14.2. The Morgan fingerprint density at radius 3 is 1.34 bits per heavy atom. The fraction of sp³-hybridized carbons (Fsp3) is 0.0769. The van der Waals surface area contributed by atoms with Crippen LogP contribution in [0.2, 0.25) is 10.0 Å². The molecule has 0 aliphatic heterocycles. The third-order valence-corrected chi connectivity index (χ3v) is 6.87. The van der Waals surface area contributed by atoms with Crippen LogP contribution in [0.3, 0.4) is 0 Å². The molecule has 4 aromatic rings. The lowest BCUT2D eigenvalue weighted by atomic mass is 10.2. The molecule has 0 amide bonds. The van der Waals surface area contributed by atoms with Crippen molar-refractivity contribution in [3.05, 3.63) is 106 Å². The largest absolute Gasteiger partial charge is 0.457 e. The maximum Gasteiger partial charge on any atom is 0.127 e. The summed E-state index contributed by atoms with van der Waals surface area (Å²) in [4.78, 5) is 1.87. The minimum atomic E-state index is 0.697. The van der Waals surface area contributed by atoms with Gasteiger partial charge >= 0.3 is 0 Å². The molecule has 0 aliphatic carbocycles. The minimum Gasteiger partial charge on any atom is -0.457 e. The van der Waals surface area contributed by atoms with E-state index in [1.807, 2.05) is 98.8 Å². The molecule has 0 N–H and O–H groups in total. The smallest absolute Gasteiger partial charge is 0.127 e. The van der Waals surface area contributed by atoms with Gasteiger partial charge in [0.2, 0.25) is 0 Å². The number of halogens is 2. The molecular weight excluding hydrogens is 519 g/mol. The van der Waals surface area contributed by atoms with Crippen LogP contribution in [0, 0.1) is 13.8 Å². The van der Waals surface area contributed by atoms with Gasteiger partial charge in [-0.15, -0.1) is 19.3 Å². The second-order valence-electron chi connectivity index (χ2n) is 7.46. The van der Waals surface area contributed by atoms with Crippen molar-refractivity contribution in [1.82, 2.24) is 0 Å². The summed E-state index contributed by atoms with van der Waals surface area (Å²) in [5, 5.41) is 9.89. The predicted molar refractivity (Wildman–Crippen MR) is 146 cm³/mol. The van der Waals surface area contributed by atoms with Crippen LogP contribution in [0.1, 0.15) is 11.1 Å². The predicted octanol–water partition coefficient (Wildman–Crippen LogP) is 11.0. The topological polar surface area (TPSA) is 58.7 Å². The van der Waals surface area contributed by atoms with E-state index in [0.29, 0.717) is 21.5 Å². The summed E-state index contributed by atoms with van der Waals surface area (Å²) in [5.41, 5.74) is 3.52. The zero-order valence-electron chi connectivity index (χ0n) is 18.9. The molecule has 0 heterocycles. The average Bonchev–Trinajstić information content (AvgIpc) is 2.86. The normalized spacial score (nSPS) is 11.4. The molecule has 0 saturated heterocycles. The Morgan fingerprint density at radius 2 is 0.971 bits per heavy atom. The van der Waals surface area contributed by atoms with Crippen LogP contribution < -0.4 is 4.74 Å². The van der Waals surface area contributed by atoms with Crippen LogP contribution in [-0.2, 0) is 0 Å². The fourth-order valence-corrected chi connectivity index (χ4v) is 4.34. The van der Waals surface area contributed by atoms with E-state index in [4.69, 9.17) is 27.9 Å². The van der Waals surface area contributed by atoms with Crippen LogP contribution >= 0.6 is 47.1 Å². The van der Waals surface area contributed by atoms with E-state index in [0.717, 1.165) is 32.3 Å². The van der Waals surface area contributed by atoms with E-state index >= 15 is 0 Å². The van der Waals surface area contributed by atoms with Crippen LogP contribution in [-0.4, -0.2) is 0 Å². The van der Waals surface area contributed by atoms with Gasteiger partial charge in [-0.2, -0.15) is 0 Å². The maximum atomic E-state index is 6.14. The van der Waals surface area contributed by atoms with E-state index < -0.39 is 0 Å². The molecule has 9 heteroatoms. The van der Waals surface area contributed by atoms with E-state index in [2.05, 4.69) is 19.3 Å². The molecule has 4 aromatic carbocycles. The molecule has 0 aromatic heterocycles. The van der Waals surface area contributed by atoms with Gasteiger partial charge in [0.25, 0.3) is 0 Å². The van der Waals surface area contributed by atoms with Crippen LogP contribution in [0.5, 0.6) is 11.5 Å². The highest BCUT2D eigenvalue weighted by molar-refractivity contribution is 7.98. The molecule has 0 saturated carbocycles. The molecular formula is C26H20Cl2N4OS2. The Labute approximate surface area is 222 Å². The number of rotatable bonds is 8. The van der Waals surface area contributed by atoms with Gasteiger partial charge in [0.05, 0.1) is 11.4 Å². The fourth-order valence-electron chi connectivity index (χ4n) is 2.79. The van der Waals surface area contributed by atoms with Crippen molar-refractivity contribution in [3.8, 4) is 11.5 Å². The zero-order valence-corrected chi connectivity index (χ0v) is 22.0. The third kappa shape index (κ3) is 7.57. The first kappa shape index (κ1) is 25.3. The van der Waals surface area contributed by atoms with Crippen molar-refractivity contribution in [2.45, 2.75) is 23.6 Å². The zero-order chi connectivity index (χ0) is 24.6. The van der Waals surface area contributed by atoms with E-state index in [1.54, 1.807) is 0 Å². The molecule has 35 heavy (non-hydrogen) atoms. The Morgan fingerprint density at radius 1 is 0.571 bits per heavy atom. The molecule has 0 fully saturated rings. The summed E-state index contributed by atoms with van der Waals surface area (Å²) in [6.45, 7) is 3.93. The Balaban J connectivity index is 1.28. The summed E-state index contributed by atoms with van der Waals surface area (Å²) in [7, 11) is 0. The number of hydrogen-bond acceptors (Lipinski definition) is 7. The molecule has 0 unspecified atom stereocenters. The number of hydrogen-bond donors (Lipinski definition) is 0. The highest BCUT2D eigenvalue weighted by Crippen LogP contribution is 2.30. The highest BCUT2D eigenvalue weighted by Gasteiger charge is 2.01. The third-order valence-electron chi connectivity index (χ3n) is 4.80. The Kier molecular flexibility index (Phi) is 8.82. The van der Waals surface area contributed by atoms with Crippen molar-refractivity contribution in [3.63, 3.8) is 0 Å². The lowest BCUT2D eigenvalue weighted by molar-refractivity contribution is 0.483. The molecule has 5 nitrogen and oxygen atoms in total. The first-order valence-electron chi connectivity index (χ1n) is 10.5. The van der Waals surface area contributed by atoms with Crippen molar-refractivity contribution in [1.29, 1.82) is 0 Å². The quantitative estimate of drug-likeness (QED) is 0.165. The molecule has 0 aliphatic rings. The van der Waals surface area contributed by atoms with Crippen LogP contribution in [0.15, 0.2) is 114 Å². The Bertz CT molecular complexity index is 1260. The lowest BCUT2D eigenvalue weighted by Crippen LogP contribution is -1.82. The average molecular weight is 540 g/mol. The van der Waals surface area contributed by atoms with Gasteiger partial charge in [-0.1, -0.05) is 35.3 Å². The second kappa shape index (κ2) is 12.2. The molecule has 0 radical (unpaired) electrons. The maximum absolute atomic E-state index is 6.14. The minimum absolute atomic E-state index is 0.697. The van der Waals surface area contributed by atoms with Crippen LogP contribution in [0.25, 0.3) is 0 Å². The van der Waals surface area contributed by atoms with Gasteiger partial charge in [0.15, 0.2) is 0 Å². The number of ether oxygens (including phenoxy) is 1. The first-order valence-corrected chi connectivity index (χ1v) is 12.8. The lowest BCUT2D eigenvalue weighted by Gasteiger charge is -2.05. The molecule has 0 spiro atoms. The van der Waals surface area contributed by atoms with Crippen LogP contribution in [0.4, 0.5) is 11.4 Å². The SMILES string of the molecule is Cc1ccc(SN=Nc2ccc(Oc3ccc(N=NSc4ccc(C)c(Cl)c4)cc3)cc2)cc1Cl. The van der Waals surface area contributed by atoms with E-state index in [9.17, 15) is 0 Å². The van der Waals surface area contributed by atoms with Crippen molar-refractivity contribution < 1.29 is 4.74 Å². The summed E-state index contributed by atoms with van der Waals surface area (Å²) >= 11 is 14.8. The van der Waals surface area contributed by atoms with Crippen molar-refractivity contribution >= 4 is 58.5 Å². The molecule has 176 valence electrons. The van der Waals surface area contributed by atoms with Gasteiger partial charge in [-0.25, -0.2) is 0 Å². The van der Waals surface area contributed by atoms with E-state index in [1.165, 1.54) is 23.9 Å². The van der Waals surface area contributed by atoms with Gasteiger partial charge in [-0.05, 0) is 97.8 Å². The molecule has 0 atom stereocenters. The second-order valence-corrected chi connectivity index (χ2v) is 9.91. The van der Waals surface area contributed by atoms with E-state index in [-0.39, 0.29) is 0 Å². The summed E-state index contributed by atoms with van der Waals surface area (Å²) in [6, 6.07) is 26.4. The van der Waals surface area contributed by atoms with Gasteiger partial charge in [0, 0.05) is 43.7 Å². The highest BCUT2D eigenvalue weighted by atomic mass is 35.5. The Hall–Kier alpha value is -2.84. The molecule has 4 rings (SSSR count). The van der Waals surface area contributed by atoms with Gasteiger partial charge in [-0.3, -0.25) is 0 Å². The first-order chi connectivity index (χ1) is 17.0. The number of nitrogens with zero attached hydrogens (tertiary/aromatic N) is 4. The summed E-state index contributed by atoms with van der Waals surface area (Å²) in [6.07, 6.45) is 0. The van der Waals surface area contributed by atoms with Gasteiger partial charge in [0.1, 0.15) is 11.5 Å². The van der Waals surface area contributed by atoms with Gasteiger partial charge < -0.3 is 4.74 Å². The van der Waals surface area contributed by atoms with Crippen molar-refractivity contribution in [2.75, 3.05) is 0 Å². The summed E-state index contributed by atoms with van der Waals surface area (Å²) in [5.74, 6) is 1.39. The molecule has 0 bridgehead atoms. The number of benzene rings is 4. The monoisotopic (exact) mass is 538 g/mol. The number of aryl methyl sites for hydroxylation is 2. The standard InChI is InChI=1S/C26H20Cl2N4OS2/c1-17-3-13-23(15-25(17)27)34-31-29-19-5-9-21(10-6-19)33-22-11-7-20(8-12-22)30-32-35-24-14-4-18(2)26(28)16-24/h3-16H,1-2H3.